The number of nitrogens with one attached hydrogen (secondary N) is 1. The number of hydrogen-bond donors (Lipinski definition) is 2. The van der Waals surface area contributed by atoms with Crippen LogP contribution in [-0.4, -0.2) is 68.5 Å². The van der Waals surface area contributed by atoms with Gasteiger partial charge < -0.3 is 28.8 Å². The van der Waals surface area contributed by atoms with Gasteiger partial charge in [0.1, 0.15) is 13.2 Å². The van der Waals surface area contributed by atoms with Crippen LogP contribution in [0, 0.1) is 0 Å². The van der Waals surface area contributed by atoms with Crippen molar-refractivity contribution >= 4 is 13.7 Å². The predicted molar refractivity (Wildman–Crippen MR) is 168 cm³/mol. The highest BCUT2D eigenvalue weighted by molar-refractivity contribution is 7.45. The third kappa shape index (κ3) is 27.6. The van der Waals surface area contributed by atoms with Crippen LogP contribution in [0.25, 0.3) is 0 Å². The summed E-state index contributed by atoms with van der Waals surface area (Å²) in [5.74, 6) is -0.216. The summed E-state index contributed by atoms with van der Waals surface area (Å²) >= 11 is 0. The molecule has 0 aliphatic carbocycles. The maximum absolute atomic E-state index is 12.6. The largest absolute Gasteiger partial charge is 0.756 e. The van der Waals surface area contributed by atoms with Crippen LogP contribution < -0.4 is 10.2 Å². The van der Waals surface area contributed by atoms with Crippen molar-refractivity contribution in [1.29, 1.82) is 0 Å². The monoisotopic (exact) mass is 602 g/mol. The third-order valence-electron chi connectivity index (χ3n) is 6.91. The van der Waals surface area contributed by atoms with E-state index < -0.39 is 26.6 Å². The number of phosphoric ester groups is 1. The van der Waals surface area contributed by atoms with Gasteiger partial charge in [0.15, 0.2) is 0 Å². The second-order valence-electron chi connectivity index (χ2n) is 12.2. The van der Waals surface area contributed by atoms with Gasteiger partial charge in [-0.15, -0.1) is 0 Å². The second kappa shape index (κ2) is 25.5. The van der Waals surface area contributed by atoms with Crippen LogP contribution in [0.1, 0.15) is 123 Å². The van der Waals surface area contributed by atoms with Crippen molar-refractivity contribution in [2.45, 2.75) is 135 Å². The first-order chi connectivity index (χ1) is 19.5. The van der Waals surface area contributed by atoms with Crippen LogP contribution in [0.5, 0.6) is 0 Å². The molecule has 2 N–H and O–H groups in total. The van der Waals surface area contributed by atoms with Crippen molar-refractivity contribution in [2.75, 3.05) is 40.9 Å². The number of carbonyl (C=O) groups excluding carboxylic acids is 1. The van der Waals surface area contributed by atoms with E-state index in [-0.39, 0.29) is 12.5 Å². The Morgan fingerprint density at radius 1 is 0.829 bits per heavy atom. The fourth-order valence-corrected chi connectivity index (χ4v) is 4.95. The molecule has 9 heteroatoms. The number of nitrogens with zero attached hydrogens (tertiary/aromatic N) is 1. The number of hydrogen-bond acceptors (Lipinski definition) is 6. The number of allylic oxidation sites excluding steroid dienone is 3. The molecule has 0 fully saturated rings. The molecule has 0 saturated heterocycles. The van der Waals surface area contributed by atoms with Crippen molar-refractivity contribution in [2.24, 2.45) is 0 Å². The van der Waals surface area contributed by atoms with Crippen molar-refractivity contribution in [3.8, 4) is 0 Å². The lowest BCUT2D eigenvalue weighted by molar-refractivity contribution is -0.870. The minimum Gasteiger partial charge on any atom is -0.756 e. The van der Waals surface area contributed by atoms with Gasteiger partial charge >= 0.3 is 0 Å². The number of quaternary nitrogens is 1. The normalized spacial score (nSPS) is 15.4. The van der Waals surface area contributed by atoms with Crippen molar-refractivity contribution in [3.63, 3.8) is 0 Å². The molecule has 242 valence electrons. The minimum absolute atomic E-state index is 0.00547. The van der Waals surface area contributed by atoms with E-state index in [9.17, 15) is 19.4 Å². The van der Waals surface area contributed by atoms with E-state index in [1.807, 2.05) is 27.2 Å². The number of likely N-dealkylation sites (N-methyl/N-ethyl adjacent to an activating group) is 1. The molecule has 0 aromatic heterocycles. The molecule has 0 saturated carbocycles. The molecule has 3 unspecified atom stereocenters. The Balaban J connectivity index is 4.72. The summed E-state index contributed by atoms with van der Waals surface area (Å²) in [6, 6.07) is -0.893. The number of phosphoric acid groups is 1. The minimum atomic E-state index is -4.57. The summed E-state index contributed by atoms with van der Waals surface area (Å²) in [6.45, 7) is 4.52. The lowest BCUT2D eigenvalue weighted by Gasteiger charge is -2.29. The van der Waals surface area contributed by atoms with E-state index in [0.717, 1.165) is 38.5 Å². The Kier molecular flexibility index (Phi) is 24.8. The van der Waals surface area contributed by atoms with Crippen molar-refractivity contribution in [1.82, 2.24) is 5.32 Å². The Morgan fingerprint density at radius 3 is 1.98 bits per heavy atom. The van der Waals surface area contributed by atoms with Gasteiger partial charge in [-0.2, -0.15) is 0 Å². The molecule has 8 nitrogen and oxygen atoms in total. The number of amides is 1. The predicted octanol–water partition coefficient (Wildman–Crippen LogP) is 6.82. The Morgan fingerprint density at radius 2 is 1.37 bits per heavy atom. The van der Waals surface area contributed by atoms with Gasteiger partial charge in [-0.1, -0.05) is 109 Å². The third-order valence-corrected chi connectivity index (χ3v) is 7.88. The molecule has 0 heterocycles. The molecule has 0 aliphatic rings. The zero-order chi connectivity index (χ0) is 30.8. The zero-order valence-corrected chi connectivity index (χ0v) is 27.9. The molecule has 0 bridgehead atoms. The molecular weight excluding hydrogens is 539 g/mol. The van der Waals surface area contributed by atoms with Crippen LogP contribution in [0.4, 0.5) is 0 Å². The quantitative estimate of drug-likeness (QED) is 0.0440. The highest BCUT2D eigenvalue weighted by atomic mass is 31.2. The Hall–Kier alpha value is -1.02. The van der Waals surface area contributed by atoms with Crippen LogP contribution >= 0.6 is 7.82 Å². The average molecular weight is 603 g/mol. The number of aliphatic hydroxyl groups is 1. The summed E-state index contributed by atoms with van der Waals surface area (Å²) in [4.78, 5) is 24.9. The fraction of sp³-hybridized carbons (Fsp3) is 0.844. The standard InChI is InChI=1S/C32H63N2O6P/c1-6-8-10-12-14-16-18-19-21-23-25-31(35)30(29-40-41(37,38)39-28-27-34(3,4)5)33-32(36)26-24-22-20-17-15-13-11-9-7-2/h16,18,23,25,30-31,35H,6-15,17,19-22,24,26-29H2,1-5H3,(H-,33,36,37,38)/b18-16+,25-23+. The van der Waals surface area contributed by atoms with Gasteiger partial charge in [-0.25, -0.2) is 0 Å². The van der Waals surface area contributed by atoms with Crippen LogP contribution in [0.3, 0.4) is 0 Å². The molecule has 0 aromatic carbocycles. The molecule has 0 radical (unpaired) electrons. The average Bonchev–Trinajstić information content (AvgIpc) is 2.90. The van der Waals surface area contributed by atoms with Crippen molar-refractivity contribution < 1.29 is 32.9 Å². The maximum atomic E-state index is 12.6. The molecule has 1 amide bonds. The first-order valence-electron chi connectivity index (χ1n) is 16.2. The number of carbonyl (C=O) groups is 1. The van der Waals surface area contributed by atoms with Crippen molar-refractivity contribution in [3.05, 3.63) is 24.3 Å². The molecule has 0 aliphatic heterocycles. The van der Waals surface area contributed by atoms with Crippen LogP contribution in [0.2, 0.25) is 0 Å². The molecule has 0 rings (SSSR count). The SMILES string of the molecule is CCCCCC/C=C/CC/C=C/C(O)C(COP(=O)([O-])OCC[N+](C)(C)C)NC(=O)CCCCCCCCCCC. The summed E-state index contributed by atoms with van der Waals surface area (Å²) < 4.78 is 22.9. The van der Waals surface area contributed by atoms with Crippen LogP contribution in [-0.2, 0) is 18.4 Å². The van der Waals surface area contributed by atoms with Gasteiger partial charge in [-0.3, -0.25) is 9.36 Å². The number of rotatable bonds is 28. The van der Waals surface area contributed by atoms with Gasteiger partial charge in [0.2, 0.25) is 5.91 Å². The topological polar surface area (TPSA) is 108 Å². The Bertz CT molecular complexity index is 738. The molecule has 41 heavy (non-hydrogen) atoms. The van der Waals surface area contributed by atoms with Gasteiger partial charge in [0, 0.05) is 6.42 Å². The first kappa shape index (κ1) is 40.0. The van der Waals surface area contributed by atoms with E-state index in [0.29, 0.717) is 17.4 Å². The van der Waals surface area contributed by atoms with E-state index in [1.54, 1.807) is 6.08 Å². The molecular formula is C32H63N2O6P. The smallest absolute Gasteiger partial charge is 0.268 e. The highest BCUT2D eigenvalue weighted by Crippen LogP contribution is 2.38. The summed E-state index contributed by atoms with van der Waals surface area (Å²) in [5, 5.41) is 13.5. The van der Waals surface area contributed by atoms with E-state index in [4.69, 9.17) is 9.05 Å². The number of aliphatic hydroxyl groups excluding tert-OH is 1. The zero-order valence-electron chi connectivity index (χ0n) is 27.0. The molecule has 3 atom stereocenters. The van der Waals surface area contributed by atoms with Gasteiger partial charge in [0.25, 0.3) is 7.82 Å². The Labute approximate surface area is 252 Å². The summed E-state index contributed by atoms with van der Waals surface area (Å²) in [5.41, 5.74) is 0. The molecule has 0 spiro atoms. The van der Waals surface area contributed by atoms with Gasteiger partial charge in [0.05, 0.1) is 39.9 Å². The van der Waals surface area contributed by atoms with E-state index in [1.165, 1.54) is 64.2 Å². The van der Waals surface area contributed by atoms with Gasteiger partial charge in [-0.05, 0) is 32.1 Å². The lowest BCUT2D eigenvalue weighted by atomic mass is 10.1. The maximum Gasteiger partial charge on any atom is 0.268 e. The second-order valence-corrected chi connectivity index (χ2v) is 13.6. The number of unbranched alkanes of at least 4 members (excludes halogenated alkanes) is 13. The summed E-state index contributed by atoms with van der Waals surface area (Å²) in [7, 11) is 1.24. The highest BCUT2D eigenvalue weighted by Gasteiger charge is 2.23. The molecule has 0 aromatic rings. The van der Waals surface area contributed by atoms with E-state index in [2.05, 4.69) is 31.3 Å². The fourth-order valence-electron chi connectivity index (χ4n) is 4.22. The first-order valence-corrected chi connectivity index (χ1v) is 17.7. The summed E-state index contributed by atoms with van der Waals surface area (Å²) in [6.07, 6.45) is 25.2. The lowest BCUT2D eigenvalue weighted by Crippen LogP contribution is -2.45. The van der Waals surface area contributed by atoms with Crippen LogP contribution in [0.15, 0.2) is 24.3 Å². The van der Waals surface area contributed by atoms with E-state index >= 15 is 0 Å².